The number of phenols is 1. The van der Waals surface area contributed by atoms with Crippen molar-refractivity contribution in [3.63, 3.8) is 0 Å². The number of nitrogen functional groups attached to an aromatic ring is 1. The van der Waals surface area contributed by atoms with Gasteiger partial charge in [0.2, 0.25) is 0 Å². The van der Waals surface area contributed by atoms with Crippen LogP contribution in [0.1, 0.15) is 29.6 Å². The summed E-state index contributed by atoms with van der Waals surface area (Å²) in [7, 11) is -4.26. The molecule has 0 radical (unpaired) electrons. The number of carbonyl (C=O) groups is 1. The summed E-state index contributed by atoms with van der Waals surface area (Å²) >= 11 is 0. The first-order chi connectivity index (χ1) is 12.8. The lowest BCUT2D eigenvalue weighted by molar-refractivity contribution is 0.0861. The molecule has 9 heteroatoms. The van der Waals surface area contributed by atoms with Crippen molar-refractivity contribution in [1.82, 2.24) is 4.41 Å². The lowest BCUT2D eigenvalue weighted by atomic mass is 10.1. The average molecular weight is 390 g/mol. The number of hydrazine groups is 1. The molecular weight excluding hydrogens is 368 g/mol. The molecule has 0 spiro atoms. The van der Waals surface area contributed by atoms with E-state index in [0.29, 0.717) is 11.4 Å². The highest BCUT2D eigenvalue weighted by atomic mass is 32.2. The third-order valence-electron chi connectivity index (χ3n) is 4.57. The van der Waals surface area contributed by atoms with Crippen LogP contribution in [0.4, 0.5) is 11.4 Å². The molecule has 1 amide bonds. The quantitative estimate of drug-likeness (QED) is 0.313. The first-order valence-electron chi connectivity index (χ1n) is 8.58. The summed E-state index contributed by atoms with van der Waals surface area (Å²) in [5.41, 5.74) is 7.18. The van der Waals surface area contributed by atoms with E-state index >= 15 is 0 Å². The van der Waals surface area contributed by atoms with Gasteiger partial charge in [-0.2, -0.15) is 12.8 Å². The molecule has 1 fully saturated rings. The third-order valence-corrected chi connectivity index (χ3v) is 6.10. The van der Waals surface area contributed by atoms with E-state index < -0.39 is 15.9 Å². The lowest BCUT2D eigenvalue weighted by Gasteiger charge is -2.30. The fraction of sp³-hybridized carbons (Fsp3) is 0.278. The Balaban J connectivity index is 1.91. The van der Waals surface area contributed by atoms with Gasteiger partial charge in [-0.1, -0.05) is 0 Å². The molecule has 2 aromatic rings. The molecule has 2 aromatic carbocycles. The molecule has 0 bridgehead atoms. The van der Waals surface area contributed by atoms with E-state index in [9.17, 15) is 18.3 Å². The predicted octanol–water partition coefficient (Wildman–Crippen LogP) is 1.67. The summed E-state index contributed by atoms with van der Waals surface area (Å²) in [6.07, 6.45) is 3.16. The normalized spacial score (nSPS) is 14.8. The standard InChI is InChI=1S/C18H22N4O4S/c19-16-9-8-15(12-17(16)21-10-2-1-3-11-21)27(25,26)22(20)18(24)13-4-6-14(23)7-5-13/h4-9,12,23H,1-3,10-11,19-20H2. The monoisotopic (exact) mass is 390 g/mol. The number of rotatable bonds is 4. The maximum Gasteiger partial charge on any atom is 0.282 e. The van der Waals surface area contributed by atoms with Crippen LogP contribution in [0.5, 0.6) is 5.75 Å². The Morgan fingerprint density at radius 1 is 1.04 bits per heavy atom. The molecule has 27 heavy (non-hydrogen) atoms. The molecule has 144 valence electrons. The molecule has 0 atom stereocenters. The van der Waals surface area contributed by atoms with Crippen molar-refractivity contribution >= 4 is 27.3 Å². The van der Waals surface area contributed by atoms with Crippen LogP contribution in [-0.2, 0) is 10.0 Å². The van der Waals surface area contributed by atoms with Crippen molar-refractivity contribution in [2.24, 2.45) is 5.84 Å². The van der Waals surface area contributed by atoms with Gasteiger partial charge >= 0.3 is 0 Å². The van der Waals surface area contributed by atoms with Crippen LogP contribution in [0.2, 0.25) is 0 Å². The first-order valence-corrected chi connectivity index (χ1v) is 10.0. The number of anilines is 2. The molecule has 0 saturated carbocycles. The van der Waals surface area contributed by atoms with Crippen LogP contribution in [0.15, 0.2) is 47.4 Å². The summed E-state index contributed by atoms with van der Waals surface area (Å²) < 4.78 is 25.9. The summed E-state index contributed by atoms with van der Waals surface area (Å²) in [6, 6.07) is 9.47. The average Bonchev–Trinajstić information content (AvgIpc) is 2.68. The number of hydrogen-bond acceptors (Lipinski definition) is 7. The highest BCUT2D eigenvalue weighted by molar-refractivity contribution is 7.89. The van der Waals surface area contributed by atoms with E-state index in [1.54, 1.807) is 0 Å². The minimum atomic E-state index is -4.26. The molecule has 1 aliphatic rings. The molecule has 1 heterocycles. The van der Waals surface area contributed by atoms with Gasteiger partial charge in [-0.25, -0.2) is 5.84 Å². The van der Waals surface area contributed by atoms with E-state index in [1.807, 2.05) is 4.90 Å². The topological polar surface area (TPSA) is 130 Å². The number of amides is 1. The van der Waals surface area contributed by atoms with Crippen LogP contribution in [0, 0.1) is 0 Å². The van der Waals surface area contributed by atoms with E-state index in [0.717, 1.165) is 32.4 Å². The Hall–Kier alpha value is -2.78. The number of carbonyl (C=O) groups excluding carboxylic acids is 1. The lowest BCUT2D eigenvalue weighted by Crippen LogP contribution is -2.42. The van der Waals surface area contributed by atoms with Crippen LogP contribution >= 0.6 is 0 Å². The van der Waals surface area contributed by atoms with Gasteiger partial charge in [-0.3, -0.25) is 4.79 Å². The largest absolute Gasteiger partial charge is 0.508 e. The Morgan fingerprint density at radius 2 is 1.67 bits per heavy atom. The number of aromatic hydroxyl groups is 1. The number of nitrogens with zero attached hydrogens (tertiary/aromatic N) is 2. The molecule has 8 nitrogen and oxygen atoms in total. The van der Waals surface area contributed by atoms with Crippen LogP contribution in [-0.4, -0.2) is 36.9 Å². The Kier molecular flexibility index (Phi) is 5.24. The first kappa shape index (κ1) is 19.0. The molecule has 1 saturated heterocycles. The van der Waals surface area contributed by atoms with E-state index in [1.165, 1.54) is 42.5 Å². The van der Waals surface area contributed by atoms with Crippen molar-refractivity contribution in [1.29, 1.82) is 0 Å². The van der Waals surface area contributed by atoms with Gasteiger partial charge in [-0.05, 0) is 61.7 Å². The Labute approximate surface area is 158 Å². The van der Waals surface area contributed by atoms with Gasteiger partial charge in [0.05, 0.1) is 16.3 Å². The summed E-state index contributed by atoms with van der Waals surface area (Å²) in [5.74, 6) is 4.72. The zero-order valence-corrected chi connectivity index (χ0v) is 15.5. The highest BCUT2D eigenvalue weighted by Crippen LogP contribution is 2.30. The number of nitrogens with two attached hydrogens (primary N) is 2. The predicted molar refractivity (Wildman–Crippen MR) is 103 cm³/mol. The second kappa shape index (κ2) is 7.45. The van der Waals surface area contributed by atoms with Gasteiger partial charge < -0.3 is 15.7 Å². The molecule has 0 unspecified atom stereocenters. The maximum atomic E-state index is 12.8. The number of sulfonamides is 1. The fourth-order valence-electron chi connectivity index (χ4n) is 3.05. The van der Waals surface area contributed by atoms with Crippen molar-refractivity contribution in [2.45, 2.75) is 24.2 Å². The van der Waals surface area contributed by atoms with Crippen LogP contribution in [0.3, 0.4) is 0 Å². The Morgan fingerprint density at radius 3 is 2.30 bits per heavy atom. The smallest absolute Gasteiger partial charge is 0.282 e. The van der Waals surface area contributed by atoms with Crippen molar-refractivity contribution < 1.29 is 18.3 Å². The summed E-state index contributed by atoms with van der Waals surface area (Å²) in [6.45, 7) is 1.60. The van der Waals surface area contributed by atoms with Gasteiger partial charge in [0.1, 0.15) is 5.75 Å². The van der Waals surface area contributed by atoms with Crippen molar-refractivity contribution in [3.8, 4) is 5.75 Å². The van der Waals surface area contributed by atoms with Gasteiger partial charge in [-0.15, -0.1) is 0 Å². The molecule has 3 rings (SSSR count). The van der Waals surface area contributed by atoms with E-state index in [2.05, 4.69) is 0 Å². The molecule has 0 aromatic heterocycles. The van der Waals surface area contributed by atoms with Crippen molar-refractivity contribution in [3.05, 3.63) is 48.0 Å². The van der Waals surface area contributed by atoms with Gasteiger partial charge in [0.25, 0.3) is 15.9 Å². The minimum Gasteiger partial charge on any atom is -0.508 e. The van der Waals surface area contributed by atoms with Crippen molar-refractivity contribution in [2.75, 3.05) is 23.7 Å². The fourth-order valence-corrected chi connectivity index (χ4v) is 4.10. The number of hydrogen-bond donors (Lipinski definition) is 3. The maximum absolute atomic E-state index is 12.8. The third kappa shape index (κ3) is 3.83. The zero-order chi connectivity index (χ0) is 19.6. The van der Waals surface area contributed by atoms with Gasteiger partial charge in [0, 0.05) is 18.7 Å². The van der Waals surface area contributed by atoms with Gasteiger partial charge in [0.15, 0.2) is 0 Å². The molecule has 5 N–H and O–H groups in total. The summed E-state index contributed by atoms with van der Waals surface area (Å²) in [4.78, 5) is 14.4. The number of benzene rings is 2. The molecule has 0 aliphatic carbocycles. The molecular formula is C18H22N4O4S. The summed E-state index contributed by atoms with van der Waals surface area (Å²) in [5, 5.41) is 9.30. The SMILES string of the molecule is Nc1ccc(S(=O)(=O)N(N)C(=O)c2ccc(O)cc2)cc1N1CCCCC1. The van der Waals surface area contributed by atoms with E-state index in [4.69, 9.17) is 11.6 Å². The molecule has 1 aliphatic heterocycles. The van der Waals surface area contributed by atoms with Crippen LogP contribution < -0.4 is 16.5 Å². The Bertz CT molecular complexity index is 938. The second-order valence-corrected chi connectivity index (χ2v) is 8.24. The minimum absolute atomic E-state index is 0.0392. The van der Waals surface area contributed by atoms with E-state index in [-0.39, 0.29) is 20.6 Å². The highest BCUT2D eigenvalue weighted by Gasteiger charge is 2.29. The number of phenolic OH excluding ortho intramolecular Hbond substituents is 1. The number of piperidine rings is 1. The second-order valence-electron chi connectivity index (χ2n) is 6.42. The zero-order valence-electron chi connectivity index (χ0n) is 14.7. The van der Waals surface area contributed by atoms with Crippen LogP contribution in [0.25, 0.3) is 0 Å².